The number of benzene rings is 2. The second kappa shape index (κ2) is 4.50. The molecule has 0 saturated heterocycles. The average Bonchev–Trinajstić information content (AvgIpc) is 2.35. The second-order valence-electron chi connectivity index (χ2n) is 6.26. The normalized spacial score (nSPS) is 14.7. The number of hydrogen-bond donors (Lipinski definition) is 2. The van der Waals surface area contributed by atoms with Crippen molar-refractivity contribution >= 4 is 5.97 Å². The van der Waals surface area contributed by atoms with Crippen LogP contribution in [-0.4, -0.2) is 16.2 Å². The maximum atomic E-state index is 11.4. The summed E-state index contributed by atoms with van der Waals surface area (Å²) >= 11 is 0. The standard InChI is InChI=1S/C18H18O4/c1-9-5-6-12-11(7-9)15-13(22-18(12,3)4)8-10(2)14(16(15)19)17(20)21/h5-8,19H,1-4H3,(H,20,21). The van der Waals surface area contributed by atoms with Crippen molar-refractivity contribution in [2.45, 2.75) is 33.3 Å². The predicted octanol–water partition coefficient (Wildman–Crippen LogP) is 4.00. The smallest absolute Gasteiger partial charge is 0.339 e. The Kier molecular flexibility index (Phi) is 2.96. The third-order valence-electron chi connectivity index (χ3n) is 4.13. The Labute approximate surface area is 129 Å². The van der Waals surface area contributed by atoms with E-state index in [-0.39, 0.29) is 11.3 Å². The number of carboxylic acid groups (broad SMARTS) is 1. The molecule has 2 aromatic rings. The lowest BCUT2D eigenvalue weighted by Gasteiger charge is -2.36. The molecular formula is C18H18O4. The molecule has 2 aromatic carbocycles. The minimum atomic E-state index is -1.14. The van der Waals surface area contributed by atoms with E-state index in [1.165, 1.54) is 0 Å². The van der Waals surface area contributed by atoms with Gasteiger partial charge in [0.1, 0.15) is 22.7 Å². The van der Waals surface area contributed by atoms with Gasteiger partial charge in [-0.2, -0.15) is 0 Å². The van der Waals surface area contributed by atoms with Crippen LogP contribution in [0.4, 0.5) is 0 Å². The van der Waals surface area contributed by atoms with Crippen LogP contribution in [-0.2, 0) is 5.60 Å². The third kappa shape index (κ3) is 1.95. The number of aromatic hydroxyl groups is 1. The van der Waals surface area contributed by atoms with Gasteiger partial charge < -0.3 is 14.9 Å². The Morgan fingerprint density at radius 3 is 2.50 bits per heavy atom. The molecule has 0 saturated carbocycles. The van der Waals surface area contributed by atoms with E-state index in [0.717, 1.165) is 16.7 Å². The molecule has 0 atom stereocenters. The summed E-state index contributed by atoms with van der Waals surface area (Å²) in [6.45, 7) is 7.54. The fraction of sp³-hybridized carbons (Fsp3) is 0.278. The number of fused-ring (bicyclic) bond motifs is 3. The van der Waals surface area contributed by atoms with Crippen LogP contribution in [0.5, 0.6) is 11.5 Å². The van der Waals surface area contributed by atoms with E-state index in [9.17, 15) is 15.0 Å². The second-order valence-corrected chi connectivity index (χ2v) is 6.26. The average molecular weight is 298 g/mol. The van der Waals surface area contributed by atoms with Gasteiger partial charge >= 0.3 is 5.97 Å². The molecule has 22 heavy (non-hydrogen) atoms. The van der Waals surface area contributed by atoms with Gasteiger partial charge in [-0.3, -0.25) is 0 Å². The number of carboxylic acids is 1. The molecule has 4 heteroatoms. The first-order valence-corrected chi connectivity index (χ1v) is 7.12. The summed E-state index contributed by atoms with van der Waals surface area (Å²) < 4.78 is 6.03. The quantitative estimate of drug-likeness (QED) is 0.835. The van der Waals surface area contributed by atoms with Crippen molar-refractivity contribution in [1.29, 1.82) is 0 Å². The summed E-state index contributed by atoms with van der Waals surface area (Å²) in [6.07, 6.45) is 0. The van der Waals surface area contributed by atoms with Gasteiger partial charge in [0.15, 0.2) is 0 Å². The molecule has 0 unspecified atom stereocenters. The van der Waals surface area contributed by atoms with Crippen molar-refractivity contribution in [1.82, 2.24) is 0 Å². The largest absolute Gasteiger partial charge is 0.506 e. The summed E-state index contributed by atoms with van der Waals surface area (Å²) in [7, 11) is 0. The lowest BCUT2D eigenvalue weighted by Crippen LogP contribution is -2.29. The highest BCUT2D eigenvalue weighted by Crippen LogP contribution is 2.51. The van der Waals surface area contributed by atoms with E-state index in [1.807, 2.05) is 39.0 Å². The monoisotopic (exact) mass is 298 g/mol. The number of aromatic carboxylic acids is 1. The van der Waals surface area contributed by atoms with E-state index in [4.69, 9.17) is 4.74 Å². The van der Waals surface area contributed by atoms with Gasteiger partial charge in [-0.05, 0) is 44.9 Å². The molecule has 3 rings (SSSR count). The van der Waals surface area contributed by atoms with Crippen molar-refractivity contribution in [2.75, 3.05) is 0 Å². The zero-order valence-electron chi connectivity index (χ0n) is 13.0. The summed E-state index contributed by atoms with van der Waals surface area (Å²) in [5.41, 5.74) is 3.12. The summed E-state index contributed by atoms with van der Waals surface area (Å²) in [5, 5.41) is 19.9. The molecule has 1 aliphatic heterocycles. The van der Waals surface area contributed by atoms with Crippen molar-refractivity contribution in [3.05, 3.63) is 46.5 Å². The van der Waals surface area contributed by atoms with E-state index < -0.39 is 11.6 Å². The maximum Gasteiger partial charge on any atom is 0.339 e. The van der Waals surface area contributed by atoms with Crippen molar-refractivity contribution in [3.8, 4) is 22.6 Å². The zero-order chi connectivity index (χ0) is 16.2. The van der Waals surface area contributed by atoms with Crippen LogP contribution in [0.2, 0.25) is 0 Å². The Hall–Kier alpha value is -2.49. The molecule has 0 fully saturated rings. The topological polar surface area (TPSA) is 66.8 Å². The van der Waals surface area contributed by atoms with Crippen LogP contribution >= 0.6 is 0 Å². The van der Waals surface area contributed by atoms with Crippen LogP contribution in [0.3, 0.4) is 0 Å². The Bertz CT molecular complexity index is 803. The van der Waals surface area contributed by atoms with Crippen LogP contribution in [0.15, 0.2) is 24.3 Å². The molecule has 1 heterocycles. The van der Waals surface area contributed by atoms with Gasteiger partial charge in [0, 0.05) is 5.56 Å². The fourth-order valence-electron chi connectivity index (χ4n) is 3.10. The molecule has 0 radical (unpaired) electrons. The van der Waals surface area contributed by atoms with E-state index in [1.54, 1.807) is 13.0 Å². The first kappa shape index (κ1) is 14.4. The van der Waals surface area contributed by atoms with Crippen molar-refractivity contribution in [2.24, 2.45) is 0 Å². The van der Waals surface area contributed by atoms with Crippen LogP contribution in [0.25, 0.3) is 11.1 Å². The molecule has 0 aromatic heterocycles. The molecule has 4 nitrogen and oxygen atoms in total. The number of carbonyl (C=O) groups is 1. The van der Waals surface area contributed by atoms with E-state index >= 15 is 0 Å². The lowest BCUT2D eigenvalue weighted by atomic mass is 9.83. The fourth-order valence-corrected chi connectivity index (χ4v) is 3.10. The Morgan fingerprint density at radius 1 is 1.18 bits per heavy atom. The highest BCUT2D eigenvalue weighted by molar-refractivity contribution is 5.98. The molecule has 1 aliphatic rings. The van der Waals surface area contributed by atoms with Crippen LogP contribution in [0, 0.1) is 13.8 Å². The van der Waals surface area contributed by atoms with Gasteiger partial charge in [-0.25, -0.2) is 4.79 Å². The first-order chi connectivity index (χ1) is 10.2. The molecule has 2 N–H and O–H groups in total. The highest BCUT2D eigenvalue weighted by atomic mass is 16.5. The van der Waals surface area contributed by atoms with Crippen molar-refractivity contribution in [3.63, 3.8) is 0 Å². The van der Waals surface area contributed by atoms with E-state index in [0.29, 0.717) is 16.9 Å². The molecule has 0 spiro atoms. The first-order valence-electron chi connectivity index (χ1n) is 7.12. The van der Waals surface area contributed by atoms with Crippen LogP contribution < -0.4 is 4.74 Å². The molecule has 114 valence electrons. The highest BCUT2D eigenvalue weighted by Gasteiger charge is 2.35. The van der Waals surface area contributed by atoms with Gasteiger partial charge in [-0.1, -0.05) is 23.8 Å². The summed E-state index contributed by atoms with van der Waals surface area (Å²) in [6, 6.07) is 7.59. The number of phenols is 1. The maximum absolute atomic E-state index is 11.4. The Balaban J connectivity index is 2.42. The number of aryl methyl sites for hydroxylation is 2. The van der Waals surface area contributed by atoms with Gasteiger partial charge in [0.2, 0.25) is 0 Å². The van der Waals surface area contributed by atoms with E-state index in [2.05, 4.69) is 0 Å². The number of rotatable bonds is 1. The molecule has 0 aliphatic carbocycles. The minimum Gasteiger partial charge on any atom is -0.506 e. The third-order valence-corrected chi connectivity index (χ3v) is 4.13. The molecule has 0 bridgehead atoms. The zero-order valence-corrected chi connectivity index (χ0v) is 13.0. The van der Waals surface area contributed by atoms with Crippen molar-refractivity contribution < 1.29 is 19.7 Å². The molecular weight excluding hydrogens is 280 g/mol. The summed E-state index contributed by atoms with van der Waals surface area (Å²) in [4.78, 5) is 11.4. The SMILES string of the molecule is Cc1ccc2c(c1)-c1c(cc(C)c(C(=O)O)c1O)OC2(C)C. The van der Waals surface area contributed by atoms with Crippen LogP contribution in [0.1, 0.15) is 40.9 Å². The summed E-state index contributed by atoms with van der Waals surface area (Å²) in [5.74, 6) is -0.857. The lowest BCUT2D eigenvalue weighted by molar-refractivity contribution is 0.0692. The van der Waals surface area contributed by atoms with Gasteiger partial charge in [0.25, 0.3) is 0 Å². The minimum absolute atomic E-state index is 0.0745. The van der Waals surface area contributed by atoms with Gasteiger partial charge in [0.05, 0.1) is 5.56 Å². The number of ether oxygens (including phenoxy) is 1. The Morgan fingerprint density at radius 2 is 1.86 bits per heavy atom. The van der Waals surface area contributed by atoms with Gasteiger partial charge in [-0.15, -0.1) is 0 Å². The number of hydrogen-bond acceptors (Lipinski definition) is 3. The predicted molar refractivity (Wildman–Crippen MR) is 83.6 cm³/mol. The molecule has 0 amide bonds.